The molecule has 32 heavy (non-hydrogen) atoms. The molecule has 0 fully saturated rings. The minimum absolute atomic E-state index is 0.00711. The van der Waals surface area contributed by atoms with Crippen LogP contribution < -0.4 is 10.6 Å². The summed E-state index contributed by atoms with van der Waals surface area (Å²) < 4.78 is 39.3. The largest absolute Gasteiger partial charge is 0.508 e. The summed E-state index contributed by atoms with van der Waals surface area (Å²) >= 11 is 0. The van der Waals surface area contributed by atoms with Gasteiger partial charge in [-0.25, -0.2) is 9.67 Å². The summed E-state index contributed by atoms with van der Waals surface area (Å²) in [5.74, 6) is -0.593. The molecular weight excluding hydrogens is 427 g/mol. The van der Waals surface area contributed by atoms with Crippen LogP contribution in [0.15, 0.2) is 48.8 Å². The van der Waals surface area contributed by atoms with Crippen molar-refractivity contribution in [3.8, 4) is 11.6 Å². The average molecular weight is 447 g/mol. The molecule has 2 amide bonds. The summed E-state index contributed by atoms with van der Waals surface area (Å²) in [4.78, 5) is 28.2. The van der Waals surface area contributed by atoms with Crippen LogP contribution >= 0.6 is 0 Å². The predicted octanol–water partition coefficient (Wildman–Crippen LogP) is 2.85. The second kappa shape index (κ2) is 9.50. The molecule has 0 saturated heterocycles. The third-order valence-corrected chi connectivity index (χ3v) is 4.58. The smallest absolute Gasteiger partial charge is 0.417 e. The van der Waals surface area contributed by atoms with Gasteiger partial charge in [0.1, 0.15) is 5.75 Å². The molecule has 0 unspecified atom stereocenters. The maximum Gasteiger partial charge on any atom is 0.417 e. The highest BCUT2D eigenvalue weighted by molar-refractivity contribution is 5.95. The van der Waals surface area contributed by atoms with E-state index in [-0.39, 0.29) is 29.6 Å². The molecule has 0 spiro atoms. The Morgan fingerprint density at radius 2 is 1.78 bits per heavy atom. The highest BCUT2D eigenvalue weighted by atomic mass is 19.4. The first-order valence-corrected chi connectivity index (χ1v) is 9.60. The third kappa shape index (κ3) is 5.42. The zero-order valence-corrected chi connectivity index (χ0v) is 17.0. The van der Waals surface area contributed by atoms with Gasteiger partial charge in [0.15, 0.2) is 5.82 Å². The van der Waals surface area contributed by atoms with E-state index in [0.717, 1.165) is 6.07 Å². The normalized spacial score (nSPS) is 11.2. The summed E-state index contributed by atoms with van der Waals surface area (Å²) in [6, 6.07) is 8.02. The first-order chi connectivity index (χ1) is 15.2. The van der Waals surface area contributed by atoms with Crippen molar-refractivity contribution < 1.29 is 27.9 Å². The van der Waals surface area contributed by atoms with Crippen LogP contribution in [0.1, 0.15) is 38.4 Å². The van der Waals surface area contributed by atoms with Crippen LogP contribution in [0.25, 0.3) is 5.82 Å². The SMILES string of the molecule is Cc1c(C(=O)NCCCNC(=O)c2cccc(O)c2)cnn1-c1ccc(C(F)(F)F)cn1. The molecule has 0 aliphatic carbocycles. The van der Waals surface area contributed by atoms with E-state index in [9.17, 15) is 27.9 Å². The quantitative estimate of drug-likeness (QED) is 0.483. The van der Waals surface area contributed by atoms with E-state index >= 15 is 0 Å². The molecule has 0 atom stereocenters. The number of hydrogen-bond acceptors (Lipinski definition) is 5. The van der Waals surface area contributed by atoms with Gasteiger partial charge in [-0.2, -0.15) is 18.3 Å². The standard InChI is InChI=1S/C21H20F3N5O3/c1-13-17(12-28-29(13)18-7-6-15(11-27-18)21(22,23)24)20(32)26-9-3-8-25-19(31)14-4-2-5-16(30)10-14/h2,4-7,10-12,30H,3,8-9H2,1H3,(H,25,31)(H,26,32). The first kappa shape index (κ1) is 22.8. The molecule has 0 saturated carbocycles. The number of carbonyl (C=O) groups excluding carboxylic acids is 2. The minimum Gasteiger partial charge on any atom is -0.508 e. The Balaban J connectivity index is 1.51. The van der Waals surface area contributed by atoms with Crippen LogP contribution in [0.5, 0.6) is 5.75 Å². The molecule has 8 nitrogen and oxygen atoms in total. The molecule has 168 valence electrons. The van der Waals surface area contributed by atoms with Gasteiger partial charge in [-0.15, -0.1) is 0 Å². The van der Waals surface area contributed by atoms with E-state index in [4.69, 9.17) is 0 Å². The van der Waals surface area contributed by atoms with Crippen molar-refractivity contribution in [3.63, 3.8) is 0 Å². The Morgan fingerprint density at radius 3 is 2.41 bits per heavy atom. The maximum absolute atomic E-state index is 12.7. The molecular formula is C21H20F3N5O3. The van der Waals surface area contributed by atoms with Crippen molar-refractivity contribution >= 4 is 11.8 Å². The Labute approximate surface area is 181 Å². The first-order valence-electron chi connectivity index (χ1n) is 9.60. The van der Waals surface area contributed by atoms with Crippen LogP contribution in [0, 0.1) is 6.92 Å². The Hall–Kier alpha value is -3.89. The highest BCUT2D eigenvalue weighted by Crippen LogP contribution is 2.28. The maximum atomic E-state index is 12.7. The monoisotopic (exact) mass is 447 g/mol. The molecule has 2 aromatic heterocycles. The lowest BCUT2D eigenvalue weighted by Crippen LogP contribution is -2.30. The fourth-order valence-corrected chi connectivity index (χ4v) is 2.88. The van der Waals surface area contributed by atoms with Crippen LogP contribution in [0.2, 0.25) is 0 Å². The number of nitrogens with one attached hydrogen (secondary N) is 2. The van der Waals surface area contributed by atoms with Crippen molar-refractivity contribution in [1.82, 2.24) is 25.4 Å². The Kier molecular flexibility index (Phi) is 6.76. The number of carbonyl (C=O) groups is 2. The van der Waals surface area contributed by atoms with E-state index in [1.54, 1.807) is 19.1 Å². The van der Waals surface area contributed by atoms with Crippen molar-refractivity contribution in [2.45, 2.75) is 19.5 Å². The molecule has 0 bridgehead atoms. The topological polar surface area (TPSA) is 109 Å². The number of rotatable bonds is 7. The van der Waals surface area contributed by atoms with Gasteiger partial charge in [0.25, 0.3) is 11.8 Å². The molecule has 3 aromatic rings. The number of phenolic OH excluding ortho intramolecular Hbond substituents is 1. The van der Waals surface area contributed by atoms with Crippen molar-refractivity contribution in [1.29, 1.82) is 0 Å². The van der Waals surface area contributed by atoms with Gasteiger partial charge in [0, 0.05) is 24.8 Å². The van der Waals surface area contributed by atoms with Crippen molar-refractivity contribution in [2.24, 2.45) is 0 Å². The van der Waals surface area contributed by atoms with Gasteiger partial charge >= 0.3 is 6.18 Å². The second-order valence-corrected chi connectivity index (χ2v) is 6.87. The third-order valence-electron chi connectivity index (χ3n) is 4.58. The van der Waals surface area contributed by atoms with E-state index in [1.165, 1.54) is 29.1 Å². The molecule has 2 heterocycles. The van der Waals surface area contributed by atoms with Crippen LogP contribution in [0.3, 0.4) is 0 Å². The van der Waals surface area contributed by atoms with Crippen molar-refractivity contribution in [2.75, 3.05) is 13.1 Å². The molecule has 0 aliphatic rings. The van der Waals surface area contributed by atoms with Crippen molar-refractivity contribution in [3.05, 3.63) is 71.2 Å². The van der Waals surface area contributed by atoms with E-state index in [2.05, 4.69) is 20.7 Å². The van der Waals surface area contributed by atoms with Crippen LogP contribution in [-0.4, -0.2) is 44.8 Å². The van der Waals surface area contributed by atoms with E-state index in [1.807, 2.05) is 0 Å². The predicted molar refractivity (Wildman–Crippen MR) is 108 cm³/mol. The molecule has 1 aromatic carbocycles. The number of amides is 2. The lowest BCUT2D eigenvalue weighted by Gasteiger charge is -2.09. The number of nitrogens with zero attached hydrogens (tertiary/aromatic N) is 3. The number of benzene rings is 1. The number of phenols is 1. The number of hydrogen-bond donors (Lipinski definition) is 3. The minimum atomic E-state index is -4.49. The van der Waals surface area contributed by atoms with Gasteiger partial charge in [-0.05, 0) is 43.7 Å². The highest BCUT2D eigenvalue weighted by Gasteiger charge is 2.30. The average Bonchev–Trinajstić information content (AvgIpc) is 3.14. The van der Waals surface area contributed by atoms with E-state index < -0.39 is 17.6 Å². The van der Waals surface area contributed by atoms with Gasteiger partial charge in [0.05, 0.1) is 23.0 Å². The summed E-state index contributed by atoms with van der Waals surface area (Å²) in [6.07, 6.45) is -2.00. The molecule has 0 radical (unpaired) electrons. The number of pyridine rings is 1. The number of aromatic nitrogens is 3. The van der Waals surface area contributed by atoms with Gasteiger partial charge in [0.2, 0.25) is 0 Å². The van der Waals surface area contributed by atoms with Gasteiger partial charge in [-0.3, -0.25) is 9.59 Å². The fourth-order valence-electron chi connectivity index (χ4n) is 2.88. The van der Waals surface area contributed by atoms with Gasteiger partial charge in [-0.1, -0.05) is 6.07 Å². The number of halogens is 3. The zero-order chi connectivity index (χ0) is 23.3. The summed E-state index contributed by atoms with van der Waals surface area (Å²) in [6.45, 7) is 2.20. The zero-order valence-electron chi connectivity index (χ0n) is 17.0. The molecule has 0 aliphatic heterocycles. The Morgan fingerprint density at radius 1 is 1.06 bits per heavy atom. The second-order valence-electron chi connectivity index (χ2n) is 6.87. The molecule has 11 heteroatoms. The lowest BCUT2D eigenvalue weighted by atomic mass is 10.2. The number of aromatic hydroxyl groups is 1. The molecule has 3 N–H and O–H groups in total. The van der Waals surface area contributed by atoms with Crippen LogP contribution in [0.4, 0.5) is 13.2 Å². The van der Waals surface area contributed by atoms with Gasteiger partial charge < -0.3 is 15.7 Å². The molecule has 3 rings (SSSR count). The van der Waals surface area contributed by atoms with Crippen LogP contribution in [-0.2, 0) is 6.18 Å². The Bertz CT molecular complexity index is 1110. The summed E-state index contributed by atoms with van der Waals surface area (Å²) in [7, 11) is 0. The fraction of sp³-hybridized carbons (Fsp3) is 0.238. The summed E-state index contributed by atoms with van der Waals surface area (Å²) in [5.41, 5.74) is 0.136. The number of alkyl halides is 3. The summed E-state index contributed by atoms with van der Waals surface area (Å²) in [5, 5.41) is 18.8. The van der Waals surface area contributed by atoms with E-state index in [0.29, 0.717) is 30.4 Å². The lowest BCUT2D eigenvalue weighted by molar-refractivity contribution is -0.137.